The molecule has 1 N–H and O–H groups in total. The van der Waals surface area contributed by atoms with Crippen molar-refractivity contribution in [1.29, 1.82) is 0 Å². The zero-order valence-electron chi connectivity index (χ0n) is 14.1. The number of nitrogens with one attached hydrogen (secondary N) is 1. The number of imidazole rings is 1. The van der Waals surface area contributed by atoms with Crippen molar-refractivity contribution in [2.75, 3.05) is 5.75 Å². The molecule has 4 nitrogen and oxygen atoms in total. The third kappa shape index (κ3) is 3.79. The number of hydrogen-bond donors (Lipinski definition) is 1. The van der Waals surface area contributed by atoms with Crippen molar-refractivity contribution < 1.29 is 4.79 Å². The smallest absolute Gasteiger partial charge is 0.230 e. The van der Waals surface area contributed by atoms with Gasteiger partial charge in [0.2, 0.25) is 5.91 Å². The van der Waals surface area contributed by atoms with Crippen LogP contribution < -0.4 is 5.32 Å². The van der Waals surface area contributed by atoms with Crippen molar-refractivity contribution in [1.82, 2.24) is 14.9 Å². The standard InChI is InChI=1S/C20H18ClN3OS/c21-16-8-4-5-9-17(16)24-18(14-6-2-1-3-7-14)12-22-20(24)26-13-19(25)23-15-10-11-15/h1-9,12,15H,10-11,13H2,(H,23,25). The number of carbonyl (C=O) groups is 1. The summed E-state index contributed by atoms with van der Waals surface area (Å²) in [6, 6.07) is 18.1. The highest BCUT2D eigenvalue weighted by atomic mass is 35.5. The Bertz CT molecular complexity index is 922. The predicted octanol–water partition coefficient (Wildman–Crippen LogP) is 4.56. The Hall–Kier alpha value is -2.24. The third-order valence-corrected chi connectivity index (χ3v) is 5.44. The van der Waals surface area contributed by atoms with Gasteiger partial charge in [0.1, 0.15) is 0 Å². The molecule has 1 aromatic heterocycles. The lowest BCUT2D eigenvalue weighted by Crippen LogP contribution is -2.27. The van der Waals surface area contributed by atoms with E-state index >= 15 is 0 Å². The van der Waals surface area contributed by atoms with Crippen LogP contribution in [0.15, 0.2) is 66.0 Å². The highest BCUT2D eigenvalue weighted by molar-refractivity contribution is 7.99. The number of halogens is 1. The molecule has 0 atom stereocenters. The zero-order valence-corrected chi connectivity index (χ0v) is 15.6. The van der Waals surface area contributed by atoms with Crippen LogP contribution in [0.4, 0.5) is 0 Å². The van der Waals surface area contributed by atoms with E-state index in [2.05, 4.69) is 10.3 Å². The van der Waals surface area contributed by atoms with Gasteiger partial charge in [-0.25, -0.2) is 4.98 Å². The van der Waals surface area contributed by atoms with E-state index in [1.165, 1.54) is 11.8 Å². The first-order chi connectivity index (χ1) is 12.7. The van der Waals surface area contributed by atoms with E-state index < -0.39 is 0 Å². The number of rotatable bonds is 6. The maximum atomic E-state index is 12.1. The molecule has 1 amide bonds. The molecule has 4 rings (SSSR count). The molecular weight excluding hydrogens is 366 g/mol. The Morgan fingerprint density at radius 3 is 2.62 bits per heavy atom. The molecule has 132 valence electrons. The summed E-state index contributed by atoms with van der Waals surface area (Å²) < 4.78 is 2.02. The summed E-state index contributed by atoms with van der Waals surface area (Å²) in [4.78, 5) is 16.6. The van der Waals surface area contributed by atoms with E-state index in [0.29, 0.717) is 16.8 Å². The SMILES string of the molecule is O=C(CSc1ncc(-c2ccccc2)n1-c1ccccc1Cl)NC1CC1. The van der Waals surface area contributed by atoms with Crippen molar-refractivity contribution in [2.24, 2.45) is 0 Å². The van der Waals surface area contributed by atoms with E-state index in [-0.39, 0.29) is 5.91 Å². The molecule has 1 aliphatic rings. The van der Waals surface area contributed by atoms with Gasteiger partial charge in [-0.3, -0.25) is 9.36 Å². The molecule has 1 saturated carbocycles. The minimum absolute atomic E-state index is 0.0486. The maximum Gasteiger partial charge on any atom is 0.230 e. The van der Waals surface area contributed by atoms with Gasteiger partial charge >= 0.3 is 0 Å². The third-order valence-electron chi connectivity index (χ3n) is 4.17. The molecule has 1 heterocycles. The number of hydrogen-bond acceptors (Lipinski definition) is 3. The molecule has 0 spiro atoms. The molecule has 0 unspecified atom stereocenters. The number of benzene rings is 2. The van der Waals surface area contributed by atoms with Crippen molar-refractivity contribution in [2.45, 2.75) is 24.0 Å². The number of para-hydroxylation sites is 1. The number of thioether (sulfide) groups is 1. The summed E-state index contributed by atoms with van der Waals surface area (Å²) >= 11 is 7.87. The largest absolute Gasteiger partial charge is 0.353 e. The van der Waals surface area contributed by atoms with Gasteiger partial charge in [-0.1, -0.05) is 65.8 Å². The topological polar surface area (TPSA) is 46.9 Å². The predicted molar refractivity (Wildman–Crippen MR) is 106 cm³/mol. The molecule has 0 bridgehead atoms. The first kappa shape index (κ1) is 17.2. The fourth-order valence-corrected chi connectivity index (χ4v) is 3.76. The van der Waals surface area contributed by atoms with Gasteiger partial charge in [0.05, 0.1) is 28.4 Å². The molecule has 26 heavy (non-hydrogen) atoms. The number of carbonyl (C=O) groups excluding carboxylic acids is 1. The van der Waals surface area contributed by atoms with Crippen molar-refractivity contribution >= 4 is 29.3 Å². The van der Waals surface area contributed by atoms with Gasteiger partial charge in [-0.15, -0.1) is 0 Å². The lowest BCUT2D eigenvalue weighted by molar-refractivity contribution is -0.118. The molecule has 1 fully saturated rings. The molecular formula is C20H18ClN3OS. The summed E-state index contributed by atoms with van der Waals surface area (Å²) in [7, 11) is 0. The molecule has 0 radical (unpaired) electrons. The van der Waals surface area contributed by atoms with E-state index in [4.69, 9.17) is 11.6 Å². The molecule has 0 saturated heterocycles. The molecule has 6 heteroatoms. The van der Waals surface area contributed by atoms with Crippen LogP contribution >= 0.6 is 23.4 Å². The second kappa shape index (κ2) is 7.56. The normalized spacial score (nSPS) is 13.6. The first-order valence-corrected chi connectivity index (χ1v) is 9.89. The summed E-state index contributed by atoms with van der Waals surface area (Å²) in [5.41, 5.74) is 2.86. The maximum absolute atomic E-state index is 12.1. The van der Waals surface area contributed by atoms with Gasteiger partial charge in [0, 0.05) is 11.6 Å². The Labute approximate surface area is 161 Å². The van der Waals surface area contributed by atoms with E-state index in [1.807, 2.05) is 65.4 Å². The molecule has 0 aliphatic heterocycles. The number of amides is 1. The van der Waals surface area contributed by atoms with Crippen LogP contribution in [-0.2, 0) is 4.79 Å². The number of aromatic nitrogens is 2. The van der Waals surface area contributed by atoms with Gasteiger partial charge in [-0.2, -0.15) is 0 Å². The van der Waals surface area contributed by atoms with Crippen LogP contribution in [0.25, 0.3) is 16.9 Å². The Balaban J connectivity index is 1.68. The van der Waals surface area contributed by atoms with Gasteiger partial charge in [0.25, 0.3) is 0 Å². The average molecular weight is 384 g/mol. The van der Waals surface area contributed by atoms with Crippen molar-refractivity contribution in [3.05, 3.63) is 65.8 Å². The highest BCUT2D eigenvalue weighted by Gasteiger charge is 2.24. The van der Waals surface area contributed by atoms with E-state index in [1.54, 1.807) is 0 Å². The first-order valence-electron chi connectivity index (χ1n) is 8.52. The van der Waals surface area contributed by atoms with Crippen LogP contribution in [0, 0.1) is 0 Å². The van der Waals surface area contributed by atoms with Crippen molar-refractivity contribution in [3.63, 3.8) is 0 Å². The highest BCUT2D eigenvalue weighted by Crippen LogP contribution is 2.32. The molecule has 2 aromatic carbocycles. The molecule has 3 aromatic rings. The molecule has 1 aliphatic carbocycles. The summed E-state index contributed by atoms with van der Waals surface area (Å²) in [6.45, 7) is 0. The van der Waals surface area contributed by atoms with Crippen LogP contribution in [-0.4, -0.2) is 27.3 Å². The quantitative estimate of drug-likeness (QED) is 0.634. The minimum atomic E-state index is 0.0486. The van der Waals surface area contributed by atoms with Crippen LogP contribution in [0.1, 0.15) is 12.8 Å². The zero-order chi connectivity index (χ0) is 17.9. The van der Waals surface area contributed by atoms with Crippen LogP contribution in [0.5, 0.6) is 0 Å². The van der Waals surface area contributed by atoms with E-state index in [0.717, 1.165) is 34.9 Å². The summed E-state index contributed by atoms with van der Waals surface area (Å²) in [6.07, 6.45) is 4.01. The Kier molecular flexibility index (Phi) is 5.00. The average Bonchev–Trinajstić information content (AvgIpc) is 3.37. The van der Waals surface area contributed by atoms with E-state index in [9.17, 15) is 4.79 Å². The van der Waals surface area contributed by atoms with Crippen molar-refractivity contribution in [3.8, 4) is 16.9 Å². The van der Waals surface area contributed by atoms with Crippen LogP contribution in [0.2, 0.25) is 5.02 Å². The summed E-state index contributed by atoms with van der Waals surface area (Å²) in [5.74, 6) is 0.388. The Morgan fingerprint density at radius 2 is 1.88 bits per heavy atom. The fourth-order valence-electron chi connectivity index (χ4n) is 2.74. The monoisotopic (exact) mass is 383 g/mol. The van der Waals surface area contributed by atoms with Crippen LogP contribution in [0.3, 0.4) is 0 Å². The minimum Gasteiger partial charge on any atom is -0.353 e. The second-order valence-corrected chi connectivity index (χ2v) is 7.56. The fraction of sp³-hybridized carbons (Fsp3) is 0.200. The van der Waals surface area contributed by atoms with Gasteiger partial charge in [0.15, 0.2) is 5.16 Å². The Morgan fingerprint density at radius 1 is 1.15 bits per heavy atom. The second-order valence-electron chi connectivity index (χ2n) is 6.21. The summed E-state index contributed by atoms with van der Waals surface area (Å²) in [5, 5.41) is 4.41. The lowest BCUT2D eigenvalue weighted by Gasteiger charge is -2.13. The van der Waals surface area contributed by atoms with Gasteiger partial charge in [-0.05, 0) is 25.0 Å². The lowest BCUT2D eigenvalue weighted by atomic mass is 10.1. The number of nitrogens with zero attached hydrogens (tertiary/aromatic N) is 2. The van der Waals surface area contributed by atoms with Gasteiger partial charge < -0.3 is 5.32 Å².